The van der Waals surface area contributed by atoms with Crippen molar-refractivity contribution in [3.63, 3.8) is 0 Å². The Labute approximate surface area is 161 Å². The summed E-state index contributed by atoms with van der Waals surface area (Å²) in [6.07, 6.45) is 0. The van der Waals surface area contributed by atoms with Crippen LogP contribution in [0.2, 0.25) is 0 Å². The summed E-state index contributed by atoms with van der Waals surface area (Å²) >= 11 is 0. The summed E-state index contributed by atoms with van der Waals surface area (Å²) in [5.74, 6) is 1.33. The van der Waals surface area contributed by atoms with Gasteiger partial charge in [-0.2, -0.15) is 0 Å². The topological polar surface area (TPSA) is 7.12 Å². The largest absolute Gasteiger partial charge is 0.408 e. The lowest BCUT2D eigenvalue weighted by Gasteiger charge is -2.28. The first-order valence-corrected chi connectivity index (χ1v) is 8.97. The molecule has 3 heteroatoms. The first kappa shape index (κ1) is 12.8. The third-order valence-corrected chi connectivity index (χ3v) is 5.40. The van der Waals surface area contributed by atoms with Gasteiger partial charge < -0.3 is 4.81 Å². The van der Waals surface area contributed by atoms with Crippen LogP contribution in [0.4, 0.5) is 0 Å². The number of fused-ring (bicyclic) bond motifs is 2. The van der Waals surface area contributed by atoms with E-state index in [2.05, 4.69) is 22.7 Å². The lowest BCUT2D eigenvalue weighted by Crippen LogP contribution is -2.62. The molecule has 0 fully saturated rings. The number of benzene rings is 2. The Morgan fingerprint density at radius 2 is 1.85 bits per heavy atom. The second kappa shape index (κ2) is 6.32. The Kier molecular flexibility index (Phi) is 3.10. The lowest BCUT2D eigenvalue weighted by molar-refractivity contribution is -0.627. The highest BCUT2D eigenvalue weighted by Crippen LogP contribution is 2.22. The van der Waals surface area contributed by atoms with Gasteiger partial charge in [0.05, 0.1) is 0 Å². The quantitative estimate of drug-likeness (QED) is 0.510. The molecule has 26 heavy (non-hydrogen) atoms. The standard InChI is InChI=1S/C23H26BN2/c1-16(2)21-14-23(25(4)22-13-9-8-12-20(21)22)24-15-18-10-6-7-11-19(18)17(3)26(24)5/h6-16H,1-5H3/q+1/i3D3,16D. The smallest absolute Gasteiger partial charge is 0.396 e. The normalized spacial score (nSPS) is 17.2. The molecular weight excluding hydrogens is 315 g/mol. The number of aryl methyl sites for hydroxylation is 1. The Hall–Kier alpha value is -2.55. The zero-order valence-electron chi connectivity index (χ0n) is 19.7. The van der Waals surface area contributed by atoms with E-state index in [4.69, 9.17) is 5.48 Å². The number of hydrogen-bond acceptors (Lipinski definition) is 1. The van der Waals surface area contributed by atoms with E-state index in [-0.39, 0.29) is 6.85 Å². The van der Waals surface area contributed by atoms with Crippen molar-refractivity contribution < 1.29 is 10.1 Å². The number of para-hydroxylation sites is 1. The fraction of sp³-hybridized carbons (Fsp3) is 0.261. The van der Waals surface area contributed by atoms with Crippen LogP contribution in [0.15, 0.2) is 54.6 Å². The van der Waals surface area contributed by atoms with Crippen molar-refractivity contribution in [2.24, 2.45) is 7.05 Å². The Morgan fingerprint density at radius 1 is 1.12 bits per heavy atom. The molecule has 130 valence electrons. The average Bonchev–Trinajstić information content (AvgIpc) is 2.66. The molecule has 0 aliphatic carbocycles. The summed E-state index contributed by atoms with van der Waals surface area (Å²) in [5.41, 5.74) is 3.27. The van der Waals surface area contributed by atoms with Crippen molar-refractivity contribution in [3.8, 4) is 0 Å². The van der Waals surface area contributed by atoms with Gasteiger partial charge in [-0.05, 0) is 41.9 Å². The van der Waals surface area contributed by atoms with Gasteiger partial charge in [-0.15, -0.1) is 0 Å². The number of rotatable bonds is 2. The van der Waals surface area contributed by atoms with Gasteiger partial charge in [0.2, 0.25) is 5.52 Å². The molecule has 0 spiro atoms. The predicted octanol–water partition coefficient (Wildman–Crippen LogP) is 2.08. The second-order valence-corrected chi connectivity index (χ2v) is 7.22. The molecular formula is C23H26BN2+. The molecule has 0 atom stereocenters. The van der Waals surface area contributed by atoms with Crippen molar-refractivity contribution in [2.75, 3.05) is 7.05 Å². The number of nitrogens with zero attached hydrogens (tertiary/aromatic N) is 2. The molecule has 0 saturated carbocycles. The molecule has 1 aliphatic rings. The molecule has 0 amide bonds. The number of aromatic nitrogens is 1. The van der Waals surface area contributed by atoms with Crippen molar-refractivity contribution in [1.29, 1.82) is 0 Å². The Balaban J connectivity index is 2.05. The summed E-state index contributed by atoms with van der Waals surface area (Å²) < 4.78 is 35.3. The van der Waals surface area contributed by atoms with Crippen LogP contribution < -0.4 is 20.6 Å². The molecule has 0 bridgehead atoms. The van der Waals surface area contributed by atoms with E-state index < -0.39 is 12.7 Å². The van der Waals surface area contributed by atoms with Gasteiger partial charge >= 0.3 is 6.85 Å². The fourth-order valence-electron chi connectivity index (χ4n) is 3.91. The van der Waals surface area contributed by atoms with Crippen LogP contribution in [-0.2, 0) is 7.05 Å². The van der Waals surface area contributed by atoms with Crippen LogP contribution in [0, 0.1) is 0 Å². The molecule has 3 aromatic rings. The molecule has 0 radical (unpaired) electrons. The predicted molar refractivity (Wildman–Crippen MR) is 112 cm³/mol. The Morgan fingerprint density at radius 3 is 2.62 bits per heavy atom. The van der Waals surface area contributed by atoms with Gasteiger partial charge in [-0.3, -0.25) is 0 Å². The van der Waals surface area contributed by atoms with Gasteiger partial charge in [-0.25, -0.2) is 4.57 Å². The summed E-state index contributed by atoms with van der Waals surface area (Å²) in [7, 11) is 3.86. The van der Waals surface area contributed by atoms with Gasteiger partial charge in [0.1, 0.15) is 7.05 Å². The first-order chi connectivity index (χ1) is 14.0. The average molecular weight is 345 g/mol. The van der Waals surface area contributed by atoms with Crippen LogP contribution >= 0.6 is 0 Å². The summed E-state index contributed by atoms with van der Waals surface area (Å²) in [4.78, 5) is 1.86. The summed E-state index contributed by atoms with van der Waals surface area (Å²) in [6, 6.07) is 17.8. The monoisotopic (exact) mass is 345 g/mol. The second-order valence-electron chi connectivity index (χ2n) is 7.22. The van der Waals surface area contributed by atoms with Crippen molar-refractivity contribution >= 4 is 35.0 Å². The van der Waals surface area contributed by atoms with Crippen molar-refractivity contribution in [2.45, 2.75) is 26.6 Å². The molecule has 1 aromatic heterocycles. The molecule has 2 aromatic carbocycles. The Bertz CT molecular complexity index is 1260. The van der Waals surface area contributed by atoms with E-state index in [0.717, 1.165) is 32.5 Å². The van der Waals surface area contributed by atoms with Crippen LogP contribution in [0.1, 0.15) is 37.6 Å². The minimum absolute atomic E-state index is 0.258. The van der Waals surface area contributed by atoms with E-state index in [9.17, 15) is 0 Å². The van der Waals surface area contributed by atoms with Crippen LogP contribution in [0.3, 0.4) is 0 Å². The van der Waals surface area contributed by atoms with Crippen molar-refractivity contribution in [1.82, 2.24) is 4.81 Å². The number of hydrogen-bond donors (Lipinski definition) is 0. The zero-order chi connectivity index (χ0) is 21.8. The maximum absolute atomic E-state index is 8.71. The van der Waals surface area contributed by atoms with E-state index in [1.807, 2.05) is 75.2 Å². The van der Waals surface area contributed by atoms with E-state index >= 15 is 0 Å². The van der Waals surface area contributed by atoms with Gasteiger partial charge in [0.15, 0.2) is 5.59 Å². The first-order valence-electron chi connectivity index (χ1n) is 11.0. The summed E-state index contributed by atoms with van der Waals surface area (Å²) in [6.45, 7) is 1.29. The SMILES string of the molecule is [2H]C([2H])([2H])C1=c2ccccc2=CB(c2cc(C([2H])(C)C)c3ccccc3[n+]2C)N1C. The molecule has 0 N–H and O–H groups in total. The molecule has 2 heterocycles. The highest BCUT2D eigenvalue weighted by molar-refractivity contribution is 6.82. The maximum atomic E-state index is 8.71. The third-order valence-electron chi connectivity index (χ3n) is 5.40. The van der Waals surface area contributed by atoms with Crippen LogP contribution in [-0.4, -0.2) is 18.7 Å². The van der Waals surface area contributed by atoms with Crippen molar-refractivity contribution in [3.05, 3.63) is 70.6 Å². The molecule has 0 unspecified atom stereocenters. The zero-order valence-corrected chi connectivity index (χ0v) is 15.7. The molecule has 1 aliphatic heterocycles. The van der Waals surface area contributed by atoms with Crippen LogP contribution in [0.25, 0.3) is 22.6 Å². The highest BCUT2D eigenvalue weighted by atomic mass is 15.1. The minimum Gasteiger partial charge on any atom is -0.408 e. The van der Waals surface area contributed by atoms with Gasteiger partial charge in [0, 0.05) is 28.7 Å². The number of pyridine rings is 1. The van der Waals surface area contributed by atoms with E-state index in [1.165, 1.54) is 0 Å². The molecule has 0 saturated heterocycles. The summed E-state index contributed by atoms with van der Waals surface area (Å²) in [5, 5.41) is 2.72. The lowest BCUT2D eigenvalue weighted by atomic mass is 9.54. The van der Waals surface area contributed by atoms with Gasteiger partial charge in [0.25, 0.3) is 0 Å². The molecule has 4 rings (SSSR count). The highest BCUT2D eigenvalue weighted by Gasteiger charge is 2.33. The van der Waals surface area contributed by atoms with Gasteiger partial charge in [-0.1, -0.05) is 56.2 Å². The van der Waals surface area contributed by atoms with Crippen LogP contribution in [0.5, 0.6) is 0 Å². The molecule has 2 nitrogen and oxygen atoms in total. The minimum atomic E-state index is -2.23. The maximum Gasteiger partial charge on any atom is 0.396 e. The third kappa shape index (κ3) is 2.54. The van der Waals surface area contributed by atoms with E-state index in [1.54, 1.807) is 0 Å². The van der Waals surface area contributed by atoms with E-state index in [0.29, 0.717) is 5.70 Å². The fourth-order valence-corrected chi connectivity index (χ4v) is 3.91.